The van der Waals surface area contributed by atoms with E-state index in [9.17, 15) is 8.42 Å². The molecule has 2 aliphatic rings. The summed E-state index contributed by atoms with van der Waals surface area (Å²) in [6.45, 7) is 0.831. The zero-order chi connectivity index (χ0) is 17.8. The Kier molecular flexibility index (Phi) is 3.98. The molecule has 0 aliphatic carbocycles. The van der Waals surface area contributed by atoms with Gasteiger partial charge in [0.2, 0.25) is 9.84 Å². The minimum Gasteiger partial charge on any atom is -0.309 e. The number of aromatic nitrogens is 1. The molecule has 0 aromatic carbocycles. The number of sulfone groups is 1. The molecular weight excluding hydrogens is 404 g/mol. The standard InChI is InChI=1S/C13H14ClN6O2S3/c1-18(2)4-3-9-7-20(17-16-19(20)14)13-10(9)5-11(24-13)25(21,22)12-6-15-8-23-12/h5-8H,3-4H2,1-2H3/q+1. The van der Waals surface area contributed by atoms with Crippen LogP contribution in [0.2, 0.25) is 0 Å². The Morgan fingerprint density at radius 2 is 2.16 bits per heavy atom. The lowest BCUT2D eigenvalue weighted by Crippen LogP contribution is -2.50. The monoisotopic (exact) mass is 417 g/mol. The van der Waals surface area contributed by atoms with E-state index in [1.165, 1.54) is 27.7 Å². The van der Waals surface area contributed by atoms with Gasteiger partial charge in [0.15, 0.2) is 6.20 Å². The second kappa shape index (κ2) is 5.83. The number of quaternary nitrogens is 1. The third-order valence-electron chi connectivity index (χ3n) is 3.94. The predicted molar refractivity (Wildman–Crippen MR) is 97.4 cm³/mol. The SMILES string of the molecule is CN(C)CCC1=C[N+]2(N=NN2Cl)c2sc(S(=O)(=O)c3cncs3)cc21. The van der Waals surface area contributed by atoms with Gasteiger partial charge in [0, 0.05) is 21.5 Å². The third-order valence-corrected chi connectivity index (χ3v) is 8.94. The van der Waals surface area contributed by atoms with E-state index in [1.54, 1.807) is 6.07 Å². The predicted octanol–water partition coefficient (Wildman–Crippen LogP) is 3.32. The lowest BCUT2D eigenvalue weighted by Gasteiger charge is -2.29. The van der Waals surface area contributed by atoms with Crippen LogP contribution in [0, 0.1) is 0 Å². The van der Waals surface area contributed by atoms with Crippen molar-refractivity contribution in [3.05, 3.63) is 29.5 Å². The average Bonchev–Trinajstić information content (AvgIpc) is 3.27. The van der Waals surface area contributed by atoms with E-state index < -0.39 is 9.84 Å². The first-order chi connectivity index (χ1) is 11.8. The molecule has 0 radical (unpaired) electrons. The molecule has 0 fully saturated rings. The molecule has 2 aromatic heterocycles. The third kappa shape index (κ3) is 2.54. The molecule has 2 aromatic rings. The van der Waals surface area contributed by atoms with E-state index in [1.807, 2.05) is 20.3 Å². The van der Waals surface area contributed by atoms with E-state index in [-0.39, 0.29) is 13.1 Å². The van der Waals surface area contributed by atoms with E-state index in [2.05, 4.69) is 20.3 Å². The first-order valence-corrected chi connectivity index (χ1v) is 10.8. The van der Waals surface area contributed by atoms with E-state index in [4.69, 9.17) is 11.8 Å². The van der Waals surface area contributed by atoms with Crippen molar-refractivity contribution in [2.45, 2.75) is 14.8 Å². The lowest BCUT2D eigenvalue weighted by molar-refractivity contribution is 0.0299. The highest BCUT2D eigenvalue weighted by molar-refractivity contribution is 7.95. The summed E-state index contributed by atoms with van der Waals surface area (Å²) >= 11 is 8.40. The van der Waals surface area contributed by atoms with Gasteiger partial charge in [0.25, 0.3) is 5.00 Å². The summed E-state index contributed by atoms with van der Waals surface area (Å²) in [6.07, 6.45) is 4.04. The van der Waals surface area contributed by atoms with Crippen LogP contribution < -0.4 is 4.70 Å². The summed E-state index contributed by atoms with van der Waals surface area (Å²) < 4.78 is 27.2. The smallest absolute Gasteiger partial charge is 0.258 e. The fraction of sp³-hybridized carbons (Fsp3) is 0.308. The Balaban J connectivity index is 1.79. The van der Waals surface area contributed by atoms with Gasteiger partial charge in [-0.1, -0.05) is 11.3 Å². The Labute approximate surface area is 157 Å². The van der Waals surface area contributed by atoms with Crippen molar-refractivity contribution in [3.8, 4) is 0 Å². The van der Waals surface area contributed by atoms with Crippen LogP contribution >= 0.6 is 34.5 Å². The first kappa shape index (κ1) is 17.1. The maximum absolute atomic E-state index is 12.8. The molecule has 2 aliphatic heterocycles. The lowest BCUT2D eigenvalue weighted by atomic mass is 10.1. The van der Waals surface area contributed by atoms with Crippen LogP contribution in [-0.4, -0.2) is 43.6 Å². The fourth-order valence-electron chi connectivity index (χ4n) is 2.64. The largest absolute Gasteiger partial charge is 0.309 e. The maximum atomic E-state index is 12.8. The molecule has 4 rings (SSSR count). The molecular formula is C13H14ClN6O2S3+. The molecule has 12 heteroatoms. The molecule has 0 bridgehead atoms. The minimum atomic E-state index is -3.59. The van der Waals surface area contributed by atoms with Crippen LogP contribution in [0.25, 0.3) is 5.57 Å². The summed E-state index contributed by atoms with van der Waals surface area (Å²) in [5, 5.41) is 8.61. The van der Waals surface area contributed by atoms with Crippen LogP contribution in [0.3, 0.4) is 0 Å². The minimum absolute atomic E-state index is 0.109. The molecule has 25 heavy (non-hydrogen) atoms. The number of rotatable bonds is 5. The Morgan fingerprint density at radius 1 is 1.36 bits per heavy atom. The van der Waals surface area contributed by atoms with Crippen LogP contribution in [0.5, 0.6) is 0 Å². The van der Waals surface area contributed by atoms with Gasteiger partial charge in [-0.3, -0.25) is 4.98 Å². The van der Waals surface area contributed by atoms with Gasteiger partial charge in [-0.2, -0.15) is 0 Å². The summed E-state index contributed by atoms with van der Waals surface area (Å²) in [5.41, 5.74) is 3.38. The van der Waals surface area contributed by atoms with Gasteiger partial charge in [0.05, 0.1) is 39.5 Å². The topological polar surface area (TPSA) is 78.2 Å². The van der Waals surface area contributed by atoms with Crippen molar-refractivity contribution < 1.29 is 8.42 Å². The molecule has 0 saturated heterocycles. The molecule has 0 N–H and O–H groups in total. The molecule has 0 amide bonds. The van der Waals surface area contributed by atoms with Crippen molar-refractivity contribution in [3.63, 3.8) is 0 Å². The van der Waals surface area contributed by atoms with Crippen LogP contribution in [0.15, 0.2) is 42.8 Å². The average molecular weight is 418 g/mol. The number of thiophene rings is 1. The normalized spacial score (nSPS) is 21.8. The van der Waals surface area contributed by atoms with Gasteiger partial charge in [-0.05, 0) is 26.6 Å². The zero-order valence-electron chi connectivity index (χ0n) is 13.3. The van der Waals surface area contributed by atoms with E-state index in [0.717, 1.165) is 40.4 Å². The Hall–Kier alpha value is -1.37. The molecule has 1 unspecified atom stereocenters. The Bertz CT molecular complexity index is 982. The second-order valence-electron chi connectivity index (χ2n) is 5.88. The highest BCUT2D eigenvalue weighted by atomic mass is 35.5. The fourth-order valence-corrected chi connectivity index (χ4v) is 6.86. The number of nitrogens with zero attached hydrogens (tertiary/aromatic N) is 6. The van der Waals surface area contributed by atoms with Crippen molar-refractivity contribution in [1.82, 2.24) is 19.2 Å². The molecule has 4 heterocycles. The summed E-state index contributed by atoms with van der Waals surface area (Å²) in [5.74, 6) is 0. The highest BCUT2D eigenvalue weighted by Gasteiger charge is 2.54. The van der Waals surface area contributed by atoms with Gasteiger partial charge >= 0.3 is 0 Å². The van der Waals surface area contributed by atoms with Crippen molar-refractivity contribution >= 4 is 54.9 Å². The van der Waals surface area contributed by atoms with E-state index in [0.29, 0.717) is 0 Å². The summed E-state index contributed by atoms with van der Waals surface area (Å²) in [4.78, 5) is 5.94. The van der Waals surface area contributed by atoms with Crippen LogP contribution in [0.1, 0.15) is 12.0 Å². The number of thiazole rings is 1. The van der Waals surface area contributed by atoms with Gasteiger partial charge in [0.1, 0.15) is 8.42 Å². The van der Waals surface area contributed by atoms with E-state index >= 15 is 0 Å². The van der Waals surface area contributed by atoms with Gasteiger partial charge in [-0.25, -0.2) is 8.42 Å². The molecule has 1 spiro atoms. The zero-order valence-corrected chi connectivity index (χ0v) is 16.5. The summed E-state index contributed by atoms with van der Waals surface area (Å²) in [7, 11) is 0.396. The van der Waals surface area contributed by atoms with Crippen LogP contribution in [0.4, 0.5) is 5.00 Å². The maximum Gasteiger partial charge on any atom is 0.258 e. The Morgan fingerprint density at radius 3 is 2.72 bits per heavy atom. The quantitative estimate of drug-likeness (QED) is 0.550. The van der Waals surface area contributed by atoms with Gasteiger partial charge < -0.3 is 4.90 Å². The van der Waals surface area contributed by atoms with Crippen molar-refractivity contribution in [1.29, 1.82) is 0 Å². The molecule has 1 atom stereocenters. The number of halogens is 1. The molecule has 132 valence electrons. The van der Waals surface area contributed by atoms with Crippen molar-refractivity contribution in [2.75, 3.05) is 20.6 Å². The second-order valence-corrected chi connectivity index (χ2v) is 10.5. The summed E-state index contributed by atoms with van der Waals surface area (Å²) in [6, 6.07) is 1.71. The first-order valence-electron chi connectivity index (χ1n) is 7.28. The number of fused-ring (bicyclic) bond motifs is 2. The van der Waals surface area contributed by atoms with Crippen LogP contribution in [-0.2, 0) is 9.84 Å². The van der Waals surface area contributed by atoms with Gasteiger partial charge in [-0.15, -0.1) is 11.3 Å². The number of hydrogen-bond acceptors (Lipinski definition) is 9. The number of hydrogen-bond donors (Lipinski definition) is 0. The molecule has 8 nitrogen and oxygen atoms in total. The highest BCUT2D eigenvalue weighted by Crippen LogP contribution is 2.53. The molecule has 0 saturated carbocycles. The van der Waals surface area contributed by atoms with Crippen molar-refractivity contribution in [2.24, 2.45) is 10.4 Å².